The molecule has 0 spiro atoms. The number of rotatable bonds is 5. The largest absolute Gasteiger partial charge is 0.337 e. The molecule has 1 amide bonds. The fourth-order valence-electron chi connectivity index (χ4n) is 2.82. The van der Waals surface area contributed by atoms with Gasteiger partial charge in [0.25, 0.3) is 5.91 Å². The third kappa shape index (κ3) is 3.97. The molecule has 0 bridgehead atoms. The molecule has 2 aromatic rings. The second-order valence-corrected chi connectivity index (χ2v) is 9.82. The van der Waals surface area contributed by atoms with Crippen LogP contribution in [0.25, 0.3) is 0 Å². The Bertz CT molecular complexity index is 860. The van der Waals surface area contributed by atoms with E-state index in [4.69, 9.17) is 0 Å². The molecule has 1 aliphatic rings. The number of carbonyl (C=O) groups is 1. The smallest absolute Gasteiger partial charge is 0.255 e. The molecular weight excluding hydrogens is 424 g/mol. The summed E-state index contributed by atoms with van der Waals surface area (Å²) in [7, 11) is -1.82. The van der Waals surface area contributed by atoms with E-state index in [9.17, 15) is 13.2 Å². The maximum absolute atomic E-state index is 12.8. The minimum Gasteiger partial charge on any atom is -0.337 e. The van der Waals surface area contributed by atoms with Crippen LogP contribution in [0, 0.1) is 0 Å². The predicted octanol–water partition coefficient (Wildman–Crippen LogP) is 3.57. The van der Waals surface area contributed by atoms with Gasteiger partial charge in [-0.2, -0.15) is 4.31 Å². The Morgan fingerprint density at radius 1 is 1.28 bits per heavy atom. The minimum absolute atomic E-state index is 0.172. The molecule has 0 radical (unpaired) electrons. The summed E-state index contributed by atoms with van der Waals surface area (Å²) >= 11 is 4.96. The summed E-state index contributed by atoms with van der Waals surface area (Å²) in [5.41, 5.74) is 0.360. The molecule has 1 aromatic heterocycles. The van der Waals surface area contributed by atoms with Crippen molar-refractivity contribution in [2.75, 3.05) is 20.1 Å². The lowest BCUT2D eigenvalue weighted by Crippen LogP contribution is -2.29. The second kappa shape index (κ2) is 7.57. The number of sulfonamides is 1. The maximum Gasteiger partial charge on any atom is 0.255 e. The lowest BCUT2D eigenvalue weighted by Gasteiger charge is -2.19. The van der Waals surface area contributed by atoms with E-state index in [1.165, 1.54) is 10.4 Å². The molecule has 1 aliphatic heterocycles. The van der Waals surface area contributed by atoms with Crippen molar-refractivity contribution >= 4 is 43.2 Å². The molecule has 0 N–H and O–H groups in total. The second-order valence-electron chi connectivity index (χ2n) is 5.99. The fraction of sp³-hybridized carbons (Fsp3) is 0.353. The molecule has 134 valence electrons. The fourth-order valence-corrected chi connectivity index (χ4v) is 5.54. The number of hydrogen-bond acceptors (Lipinski definition) is 4. The molecule has 5 nitrogen and oxygen atoms in total. The van der Waals surface area contributed by atoms with Gasteiger partial charge in [-0.1, -0.05) is 6.07 Å². The normalized spacial score (nSPS) is 15.4. The van der Waals surface area contributed by atoms with Gasteiger partial charge in [-0.15, -0.1) is 11.3 Å². The molecule has 1 fully saturated rings. The van der Waals surface area contributed by atoms with Crippen molar-refractivity contribution < 1.29 is 13.2 Å². The van der Waals surface area contributed by atoms with Gasteiger partial charge in [0.2, 0.25) is 10.0 Å². The Morgan fingerprint density at radius 2 is 2.00 bits per heavy atom. The van der Waals surface area contributed by atoms with Crippen molar-refractivity contribution in [3.63, 3.8) is 0 Å². The highest BCUT2D eigenvalue weighted by Gasteiger charge is 2.28. The van der Waals surface area contributed by atoms with E-state index < -0.39 is 10.0 Å². The van der Waals surface area contributed by atoms with Gasteiger partial charge in [0.15, 0.2) is 0 Å². The standard InChI is InChI=1S/C17H19BrN2O3S2/c1-19(12-13-5-4-10-24-13)17(21)15-11-14(6-7-16(15)18)25(22,23)20-8-2-3-9-20/h4-7,10-11H,2-3,8-9,12H2,1H3. The maximum atomic E-state index is 12.8. The van der Waals surface area contributed by atoms with Crippen molar-refractivity contribution in [2.24, 2.45) is 0 Å². The summed E-state index contributed by atoms with van der Waals surface area (Å²) in [6, 6.07) is 8.57. The van der Waals surface area contributed by atoms with E-state index in [0.29, 0.717) is 29.7 Å². The average molecular weight is 443 g/mol. The summed E-state index contributed by atoms with van der Waals surface area (Å²) in [5, 5.41) is 1.97. The Labute approximate surface area is 160 Å². The highest BCUT2D eigenvalue weighted by Crippen LogP contribution is 2.26. The average Bonchev–Trinajstić information content (AvgIpc) is 3.28. The summed E-state index contributed by atoms with van der Waals surface area (Å²) in [6.07, 6.45) is 1.76. The Kier molecular flexibility index (Phi) is 5.62. The van der Waals surface area contributed by atoms with Crippen molar-refractivity contribution in [1.29, 1.82) is 0 Å². The zero-order valence-electron chi connectivity index (χ0n) is 13.8. The zero-order valence-corrected chi connectivity index (χ0v) is 17.0. The molecule has 0 atom stereocenters. The first-order chi connectivity index (χ1) is 11.9. The van der Waals surface area contributed by atoms with Crippen LogP contribution in [0.4, 0.5) is 0 Å². The number of benzene rings is 1. The van der Waals surface area contributed by atoms with Crippen molar-refractivity contribution in [1.82, 2.24) is 9.21 Å². The van der Waals surface area contributed by atoms with E-state index in [1.54, 1.807) is 35.4 Å². The summed E-state index contributed by atoms with van der Waals surface area (Å²) < 4.78 is 27.5. The van der Waals surface area contributed by atoms with Gasteiger partial charge in [-0.05, 0) is 58.4 Å². The Balaban J connectivity index is 1.87. The van der Waals surface area contributed by atoms with Crippen LogP contribution in [-0.4, -0.2) is 43.7 Å². The van der Waals surface area contributed by atoms with E-state index in [2.05, 4.69) is 15.9 Å². The van der Waals surface area contributed by atoms with E-state index >= 15 is 0 Å². The van der Waals surface area contributed by atoms with Crippen LogP contribution in [0.15, 0.2) is 45.1 Å². The molecule has 1 saturated heterocycles. The van der Waals surface area contributed by atoms with Crippen LogP contribution in [-0.2, 0) is 16.6 Å². The van der Waals surface area contributed by atoms with Gasteiger partial charge in [-0.25, -0.2) is 8.42 Å². The molecule has 0 saturated carbocycles. The Morgan fingerprint density at radius 3 is 2.64 bits per heavy atom. The SMILES string of the molecule is CN(Cc1cccs1)C(=O)c1cc(S(=O)(=O)N2CCCC2)ccc1Br. The number of amides is 1. The topological polar surface area (TPSA) is 57.7 Å². The lowest BCUT2D eigenvalue weighted by molar-refractivity contribution is 0.0785. The van der Waals surface area contributed by atoms with Crippen LogP contribution in [0.3, 0.4) is 0 Å². The first-order valence-electron chi connectivity index (χ1n) is 7.97. The molecule has 8 heteroatoms. The van der Waals surface area contributed by atoms with Crippen molar-refractivity contribution in [3.05, 3.63) is 50.6 Å². The summed E-state index contributed by atoms with van der Waals surface area (Å²) in [4.78, 5) is 15.6. The third-order valence-corrected chi connectivity index (χ3v) is 7.64. The number of halogens is 1. The third-order valence-electron chi connectivity index (χ3n) is 4.19. The highest BCUT2D eigenvalue weighted by molar-refractivity contribution is 9.10. The van der Waals surface area contributed by atoms with E-state index in [1.807, 2.05) is 17.5 Å². The number of nitrogens with zero attached hydrogens (tertiary/aromatic N) is 2. The van der Waals surface area contributed by atoms with Gasteiger partial charge in [0, 0.05) is 29.5 Å². The molecule has 1 aromatic carbocycles. The van der Waals surface area contributed by atoms with Gasteiger partial charge < -0.3 is 4.90 Å². The van der Waals surface area contributed by atoms with Crippen LogP contribution in [0.2, 0.25) is 0 Å². The highest BCUT2D eigenvalue weighted by atomic mass is 79.9. The zero-order chi connectivity index (χ0) is 18.0. The lowest BCUT2D eigenvalue weighted by atomic mass is 10.2. The molecule has 2 heterocycles. The first-order valence-corrected chi connectivity index (χ1v) is 11.1. The van der Waals surface area contributed by atoms with Crippen molar-refractivity contribution in [2.45, 2.75) is 24.3 Å². The van der Waals surface area contributed by atoms with E-state index in [-0.39, 0.29) is 10.8 Å². The summed E-state index contributed by atoms with van der Waals surface area (Å²) in [6.45, 7) is 1.58. The molecule has 0 unspecified atom stereocenters. The van der Waals surface area contributed by atoms with Crippen LogP contribution in [0.1, 0.15) is 28.1 Å². The van der Waals surface area contributed by atoms with Gasteiger partial charge >= 0.3 is 0 Å². The number of carbonyl (C=O) groups excluding carboxylic acids is 1. The van der Waals surface area contributed by atoms with Crippen molar-refractivity contribution in [3.8, 4) is 0 Å². The van der Waals surface area contributed by atoms with Crippen LogP contribution in [0.5, 0.6) is 0 Å². The Hall–Kier alpha value is -1.22. The summed E-state index contributed by atoms with van der Waals surface area (Å²) in [5.74, 6) is -0.209. The minimum atomic E-state index is -3.54. The molecular formula is C17H19BrN2O3S2. The molecule has 0 aliphatic carbocycles. The first kappa shape index (κ1) is 18.6. The molecule has 25 heavy (non-hydrogen) atoms. The van der Waals surface area contributed by atoms with Gasteiger partial charge in [0.1, 0.15) is 0 Å². The quantitative estimate of drug-likeness (QED) is 0.710. The van der Waals surface area contributed by atoms with E-state index in [0.717, 1.165) is 17.7 Å². The van der Waals surface area contributed by atoms with Gasteiger partial charge in [0.05, 0.1) is 17.0 Å². The monoisotopic (exact) mass is 442 g/mol. The van der Waals surface area contributed by atoms with Crippen LogP contribution < -0.4 is 0 Å². The van der Waals surface area contributed by atoms with Crippen LogP contribution >= 0.6 is 27.3 Å². The van der Waals surface area contributed by atoms with Gasteiger partial charge in [-0.3, -0.25) is 4.79 Å². The number of hydrogen-bond donors (Lipinski definition) is 0. The molecule has 3 rings (SSSR count). The predicted molar refractivity (Wildman–Crippen MR) is 102 cm³/mol. The number of thiophene rings is 1.